The van der Waals surface area contributed by atoms with Crippen molar-refractivity contribution in [3.63, 3.8) is 0 Å². The molecule has 7 nitrogen and oxygen atoms in total. The zero-order valence-electron chi connectivity index (χ0n) is 17.4. The van der Waals surface area contributed by atoms with Gasteiger partial charge in [-0.1, -0.05) is 17.4 Å². The molecule has 1 aliphatic rings. The highest BCUT2D eigenvalue weighted by atomic mass is 32.1. The molecular weight excluding hydrogens is 430 g/mol. The van der Waals surface area contributed by atoms with E-state index in [1.54, 1.807) is 18.2 Å². The van der Waals surface area contributed by atoms with E-state index in [9.17, 15) is 9.59 Å². The largest absolute Gasteiger partial charge is 0.303 e. The normalized spacial score (nSPS) is 15.5. The molecule has 0 aliphatic carbocycles. The van der Waals surface area contributed by atoms with Gasteiger partial charge in [-0.15, -0.1) is 0 Å². The Hall–Kier alpha value is -3.35. The maximum atomic E-state index is 13.4. The van der Waals surface area contributed by atoms with Gasteiger partial charge in [0, 0.05) is 18.3 Å². The van der Waals surface area contributed by atoms with Gasteiger partial charge in [-0.25, -0.2) is 9.83 Å². The van der Waals surface area contributed by atoms with Gasteiger partial charge in [0.15, 0.2) is 15.9 Å². The predicted molar refractivity (Wildman–Crippen MR) is 128 cm³/mol. The first-order valence-electron chi connectivity index (χ1n) is 9.48. The van der Waals surface area contributed by atoms with Crippen molar-refractivity contribution >= 4 is 72.9 Å². The summed E-state index contributed by atoms with van der Waals surface area (Å²) in [7, 11) is 0. The number of amides is 2. The van der Waals surface area contributed by atoms with Crippen LogP contribution in [0.15, 0.2) is 36.4 Å². The van der Waals surface area contributed by atoms with E-state index in [-0.39, 0.29) is 11.8 Å². The quantitative estimate of drug-likeness (QED) is 0.449. The van der Waals surface area contributed by atoms with Gasteiger partial charge in [0.05, 0.1) is 16.8 Å². The second kappa shape index (κ2) is 7.41. The van der Waals surface area contributed by atoms with E-state index in [1.165, 1.54) is 23.2 Å². The molecule has 1 fully saturated rings. The summed E-state index contributed by atoms with van der Waals surface area (Å²) in [5.74, 6) is -0.327. The van der Waals surface area contributed by atoms with Crippen molar-refractivity contribution in [2.24, 2.45) is 0 Å². The van der Waals surface area contributed by atoms with Crippen molar-refractivity contribution in [1.29, 1.82) is 0 Å². The summed E-state index contributed by atoms with van der Waals surface area (Å²) in [4.78, 5) is 36.0. The second-order valence-corrected chi connectivity index (χ2v) is 9.15. The highest BCUT2D eigenvalue weighted by molar-refractivity contribution is 7.81. The summed E-state index contributed by atoms with van der Waals surface area (Å²) in [5, 5.41) is 3.59. The van der Waals surface area contributed by atoms with Crippen molar-refractivity contribution in [1.82, 2.24) is 4.98 Å². The number of carbonyl (C=O) groups is 2. The van der Waals surface area contributed by atoms with Crippen LogP contribution in [0.1, 0.15) is 26.3 Å². The number of aryl methyl sites for hydroxylation is 1. The van der Waals surface area contributed by atoms with E-state index in [0.717, 1.165) is 16.0 Å². The number of nitrogens with one attached hydrogen (secondary N) is 1. The molecule has 2 amide bonds. The maximum absolute atomic E-state index is 13.4. The van der Waals surface area contributed by atoms with Crippen LogP contribution in [0, 0.1) is 13.5 Å². The van der Waals surface area contributed by atoms with Crippen LogP contribution in [0.5, 0.6) is 0 Å². The van der Waals surface area contributed by atoms with Gasteiger partial charge in [-0.2, -0.15) is 0 Å². The highest BCUT2D eigenvalue weighted by Crippen LogP contribution is 2.39. The molecule has 0 atom stereocenters. The predicted octanol–water partition coefficient (Wildman–Crippen LogP) is 5.03. The van der Waals surface area contributed by atoms with Gasteiger partial charge in [-0.05, 0) is 68.9 Å². The number of hydrogen-bond acceptors (Lipinski definition) is 5. The number of fused-ring (bicyclic) bond motifs is 1. The SMILES string of the molecule is [C-]#[N+]c1ccc(N2C(=O)C(C)(C)N(c3ccc4sc(NC(C)=O)nc4c3)C2=S)cc1C. The zero-order valence-corrected chi connectivity index (χ0v) is 19.0. The van der Waals surface area contributed by atoms with E-state index in [2.05, 4.69) is 15.1 Å². The van der Waals surface area contributed by atoms with E-state index in [0.29, 0.717) is 27.1 Å². The van der Waals surface area contributed by atoms with E-state index in [4.69, 9.17) is 18.8 Å². The van der Waals surface area contributed by atoms with Gasteiger partial charge >= 0.3 is 0 Å². The highest BCUT2D eigenvalue weighted by Gasteiger charge is 2.50. The number of thiazole rings is 1. The summed E-state index contributed by atoms with van der Waals surface area (Å²) in [6.07, 6.45) is 0. The Labute approximate surface area is 189 Å². The van der Waals surface area contributed by atoms with Crippen molar-refractivity contribution in [3.8, 4) is 0 Å². The van der Waals surface area contributed by atoms with Crippen molar-refractivity contribution < 1.29 is 9.59 Å². The van der Waals surface area contributed by atoms with Crippen LogP contribution >= 0.6 is 23.6 Å². The van der Waals surface area contributed by atoms with Crippen LogP contribution < -0.4 is 15.1 Å². The number of hydrogen-bond donors (Lipinski definition) is 1. The topological polar surface area (TPSA) is 69.9 Å². The average molecular weight is 450 g/mol. The molecule has 2 aromatic carbocycles. The molecule has 0 radical (unpaired) electrons. The summed E-state index contributed by atoms with van der Waals surface area (Å²) in [5.41, 5.74) is 2.52. The molecule has 1 N–H and O–H groups in total. The molecule has 1 aromatic heterocycles. The molecule has 31 heavy (non-hydrogen) atoms. The molecule has 0 spiro atoms. The molecule has 156 valence electrons. The van der Waals surface area contributed by atoms with Gasteiger partial charge in [0.25, 0.3) is 5.91 Å². The molecule has 0 unspecified atom stereocenters. The molecule has 3 aromatic rings. The fraction of sp³-hybridized carbons (Fsp3) is 0.227. The summed E-state index contributed by atoms with van der Waals surface area (Å²) < 4.78 is 0.920. The summed E-state index contributed by atoms with van der Waals surface area (Å²) in [6.45, 7) is 14.2. The fourth-order valence-electron chi connectivity index (χ4n) is 3.62. The summed E-state index contributed by atoms with van der Waals surface area (Å²) >= 11 is 7.12. The number of rotatable bonds is 3. The standard InChI is InChI=1S/C22H19N5O2S2/c1-12-10-14(6-8-16(12)23-5)26-19(29)22(3,4)27(21(26)30)15-7-9-18-17(11-15)25-20(31-18)24-13(2)28/h6-11H,1-4H3,(H,24,25,28). The third-order valence-corrected chi connectivity index (χ3v) is 6.46. The van der Waals surface area contributed by atoms with Gasteiger partial charge in [0.1, 0.15) is 5.54 Å². The number of anilines is 3. The molecule has 9 heteroatoms. The van der Waals surface area contributed by atoms with Crippen LogP contribution in [-0.4, -0.2) is 27.4 Å². The van der Waals surface area contributed by atoms with Gasteiger partial charge in [-0.3, -0.25) is 14.5 Å². The van der Waals surface area contributed by atoms with Crippen LogP contribution in [-0.2, 0) is 9.59 Å². The van der Waals surface area contributed by atoms with Crippen LogP contribution in [0.3, 0.4) is 0 Å². The lowest BCUT2D eigenvalue weighted by atomic mass is 10.0. The molecule has 0 saturated carbocycles. The average Bonchev–Trinajstić information content (AvgIpc) is 3.16. The molecule has 0 bridgehead atoms. The third kappa shape index (κ3) is 3.44. The Balaban J connectivity index is 1.75. The smallest absolute Gasteiger partial charge is 0.259 e. The minimum absolute atomic E-state index is 0.148. The minimum atomic E-state index is -0.909. The van der Waals surface area contributed by atoms with E-state index in [1.807, 2.05) is 43.9 Å². The Kier molecular flexibility index (Phi) is 5.00. The minimum Gasteiger partial charge on any atom is -0.303 e. The molecule has 1 saturated heterocycles. The number of aromatic nitrogens is 1. The molecular formula is C22H19N5O2S2. The Morgan fingerprint density at radius 3 is 2.58 bits per heavy atom. The lowest BCUT2D eigenvalue weighted by Gasteiger charge is -2.29. The molecule has 4 rings (SSSR count). The van der Waals surface area contributed by atoms with Crippen molar-refractivity contribution in [2.45, 2.75) is 33.2 Å². The van der Waals surface area contributed by atoms with E-state index >= 15 is 0 Å². The number of thiocarbonyl (C=S) groups is 1. The van der Waals surface area contributed by atoms with Gasteiger partial charge < -0.3 is 10.2 Å². The first kappa shape index (κ1) is 20.9. The van der Waals surface area contributed by atoms with Gasteiger partial charge in [0.2, 0.25) is 5.91 Å². The Bertz CT molecular complexity index is 1300. The molecule has 1 aliphatic heterocycles. The lowest BCUT2D eigenvalue weighted by molar-refractivity contribution is -0.120. The second-order valence-electron chi connectivity index (χ2n) is 7.75. The number of benzene rings is 2. The maximum Gasteiger partial charge on any atom is 0.259 e. The Morgan fingerprint density at radius 2 is 1.94 bits per heavy atom. The molecule has 2 heterocycles. The van der Waals surface area contributed by atoms with Crippen molar-refractivity contribution in [3.05, 3.63) is 53.4 Å². The van der Waals surface area contributed by atoms with E-state index < -0.39 is 5.54 Å². The number of nitrogens with zero attached hydrogens (tertiary/aromatic N) is 4. The van der Waals surface area contributed by atoms with Crippen LogP contribution in [0.25, 0.3) is 15.1 Å². The third-order valence-electron chi connectivity index (χ3n) is 5.14. The first-order valence-corrected chi connectivity index (χ1v) is 10.7. The zero-order chi connectivity index (χ0) is 22.5. The summed E-state index contributed by atoms with van der Waals surface area (Å²) in [6, 6.07) is 10.9. The Morgan fingerprint density at radius 1 is 1.23 bits per heavy atom. The first-order chi connectivity index (χ1) is 14.6. The monoisotopic (exact) mass is 449 g/mol. The number of carbonyl (C=O) groups excluding carboxylic acids is 2. The van der Waals surface area contributed by atoms with Crippen LogP contribution in [0.4, 0.5) is 22.2 Å². The lowest BCUT2D eigenvalue weighted by Crippen LogP contribution is -2.44. The fourth-order valence-corrected chi connectivity index (χ4v) is 5.03. The van der Waals surface area contributed by atoms with Crippen LogP contribution in [0.2, 0.25) is 0 Å². The van der Waals surface area contributed by atoms with Crippen molar-refractivity contribution in [2.75, 3.05) is 15.1 Å².